The van der Waals surface area contributed by atoms with Crippen molar-refractivity contribution in [2.45, 2.75) is 50.5 Å². The van der Waals surface area contributed by atoms with Gasteiger partial charge in [0.05, 0.1) is 18.6 Å². The van der Waals surface area contributed by atoms with Gasteiger partial charge in [-0.1, -0.05) is 17.7 Å². The fourth-order valence-electron chi connectivity index (χ4n) is 2.62. The Morgan fingerprint density at radius 2 is 2.26 bits per heavy atom. The van der Waals surface area contributed by atoms with Crippen LogP contribution in [0.25, 0.3) is 0 Å². The molecule has 0 saturated carbocycles. The third-order valence-corrected chi connectivity index (χ3v) is 4.19. The van der Waals surface area contributed by atoms with E-state index in [4.69, 9.17) is 21.1 Å². The minimum absolute atomic E-state index is 0.000349. The van der Waals surface area contributed by atoms with Crippen molar-refractivity contribution in [3.8, 4) is 5.75 Å². The second kappa shape index (κ2) is 7.16. The zero-order chi connectivity index (χ0) is 13.7. The van der Waals surface area contributed by atoms with Gasteiger partial charge in [-0.3, -0.25) is 0 Å². The quantitative estimate of drug-likeness (QED) is 0.733. The lowest BCUT2D eigenvalue weighted by Gasteiger charge is -2.23. The van der Waals surface area contributed by atoms with Gasteiger partial charge in [0, 0.05) is 12.2 Å². The van der Waals surface area contributed by atoms with Crippen molar-refractivity contribution in [1.29, 1.82) is 0 Å². The Morgan fingerprint density at radius 1 is 1.42 bits per heavy atom. The SMILES string of the molecule is COc1ccc(C)cc1C(Cl)CCC1CCCCO1. The molecule has 1 aliphatic rings. The van der Waals surface area contributed by atoms with Gasteiger partial charge in [-0.05, 0) is 45.1 Å². The number of rotatable bonds is 5. The molecular formula is C16H23ClO2. The van der Waals surface area contributed by atoms with Crippen molar-refractivity contribution in [3.05, 3.63) is 29.3 Å². The molecule has 0 aliphatic carbocycles. The van der Waals surface area contributed by atoms with E-state index in [-0.39, 0.29) is 5.38 Å². The largest absolute Gasteiger partial charge is 0.496 e. The molecule has 1 aromatic rings. The van der Waals surface area contributed by atoms with Gasteiger partial charge < -0.3 is 9.47 Å². The van der Waals surface area contributed by atoms with Crippen LogP contribution in [0.5, 0.6) is 5.75 Å². The van der Waals surface area contributed by atoms with Gasteiger partial charge in [0.15, 0.2) is 0 Å². The van der Waals surface area contributed by atoms with Crippen LogP contribution in [0.3, 0.4) is 0 Å². The molecule has 2 rings (SSSR count). The van der Waals surface area contributed by atoms with E-state index in [2.05, 4.69) is 19.1 Å². The van der Waals surface area contributed by atoms with E-state index in [1.807, 2.05) is 6.07 Å². The lowest BCUT2D eigenvalue weighted by atomic mass is 9.99. The van der Waals surface area contributed by atoms with E-state index in [0.29, 0.717) is 6.10 Å². The average Bonchev–Trinajstić information content (AvgIpc) is 2.46. The molecule has 2 nitrogen and oxygen atoms in total. The van der Waals surface area contributed by atoms with Gasteiger partial charge in [-0.15, -0.1) is 11.6 Å². The first-order chi connectivity index (χ1) is 9.20. The standard InChI is InChI=1S/C16H23ClO2/c1-12-6-9-16(18-2)14(11-12)15(17)8-7-13-5-3-4-10-19-13/h6,9,11,13,15H,3-5,7-8,10H2,1-2H3. The van der Waals surface area contributed by atoms with Crippen molar-refractivity contribution in [2.24, 2.45) is 0 Å². The fourth-order valence-corrected chi connectivity index (χ4v) is 2.92. The minimum atomic E-state index is 0.000349. The summed E-state index contributed by atoms with van der Waals surface area (Å²) in [6.07, 6.45) is 6.02. The van der Waals surface area contributed by atoms with Crippen LogP contribution in [0.15, 0.2) is 18.2 Å². The van der Waals surface area contributed by atoms with Crippen molar-refractivity contribution < 1.29 is 9.47 Å². The number of aryl methyl sites for hydroxylation is 1. The molecule has 19 heavy (non-hydrogen) atoms. The first-order valence-corrected chi connectivity index (χ1v) is 7.54. The molecule has 1 aromatic carbocycles. The number of ether oxygens (including phenoxy) is 2. The van der Waals surface area contributed by atoms with Crippen LogP contribution in [0.2, 0.25) is 0 Å². The summed E-state index contributed by atoms with van der Waals surface area (Å²) >= 11 is 6.55. The highest BCUT2D eigenvalue weighted by molar-refractivity contribution is 6.21. The van der Waals surface area contributed by atoms with Crippen molar-refractivity contribution in [3.63, 3.8) is 0 Å². The maximum atomic E-state index is 6.55. The number of halogens is 1. The first-order valence-electron chi connectivity index (χ1n) is 7.11. The molecule has 2 atom stereocenters. The third kappa shape index (κ3) is 4.12. The molecule has 1 heterocycles. The summed E-state index contributed by atoms with van der Waals surface area (Å²) in [5, 5.41) is 0.000349. The second-order valence-electron chi connectivity index (χ2n) is 5.28. The molecule has 3 heteroatoms. The van der Waals surface area contributed by atoms with Crippen LogP contribution in [0.4, 0.5) is 0 Å². The molecule has 1 saturated heterocycles. The average molecular weight is 283 g/mol. The molecular weight excluding hydrogens is 260 g/mol. The number of hydrogen-bond acceptors (Lipinski definition) is 2. The summed E-state index contributed by atoms with van der Waals surface area (Å²) in [6.45, 7) is 2.99. The Labute approximate surface area is 121 Å². The highest BCUT2D eigenvalue weighted by Crippen LogP contribution is 2.35. The number of hydrogen-bond donors (Lipinski definition) is 0. The number of methoxy groups -OCH3 is 1. The lowest BCUT2D eigenvalue weighted by Crippen LogP contribution is -2.19. The van der Waals surface area contributed by atoms with Gasteiger partial charge in [0.25, 0.3) is 0 Å². The lowest BCUT2D eigenvalue weighted by molar-refractivity contribution is 0.00998. The number of benzene rings is 1. The molecule has 0 bridgehead atoms. The van der Waals surface area contributed by atoms with Crippen molar-refractivity contribution in [1.82, 2.24) is 0 Å². The molecule has 0 spiro atoms. The van der Waals surface area contributed by atoms with Gasteiger partial charge >= 0.3 is 0 Å². The summed E-state index contributed by atoms with van der Waals surface area (Å²) in [7, 11) is 1.70. The van der Waals surface area contributed by atoms with Crippen LogP contribution in [0.1, 0.15) is 48.6 Å². The summed E-state index contributed by atoms with van der Waals surface area (Å²) in [5.74, 6) is 0.884. The predicted octanol–water partition coefficient (Wildman–Crippen LogP) is 4.63. The first kappa shape index (κ1) is 14.7. The second-order valence-corrected chi connectivity index (χ2v) is 5.81. The Balaban J connectivity index is 1.94. The molecule has 1 aliphatic heterocycles. The van der Waals surface area contributed by atoms with Gasteiger partial charge in [0.2, 0.25) is 0 Å². The van der Waals surface area contributed by atoms with Crippen LogP contribution in [-0.2, 0) is 4.74 Å². The maximum Gasteiger partial charge on any atom is 0.123 e. The monoisotopic (exact) mass is 282 g/mol. The van der Waals surface area contributed by atoms with E-state index in [1.165, 1.54) is 24.8 Å². The summed E-state index contributed by atoms with van der Waals surface area (Å²) < 4.78 is 11.2. The Kier molecular flexibility index (Phi) is 5.53. The highest BCUT2D eigenvalue weighted by atomic mass is 35.5. The molecule has 0 aromatic heterocycles. The van der Waals surface area contributed by atoms with Gasteiger partial charge in [-0.2, -0.15) is 0 Å². The van der Waals surface area contributed by atoms with Crippen LogP contribution in [0, 0.1) is 6.92 Å². The Bertz CT molecular complexity index is 400. The number of alkyl halides is 1. The predicted molar refractivity (Wildman–Crippen MR) is 79.2 cm³/mol. The van der Waals surface area contributed by atoms with Crippen LogP contribution >= 0.6 is 11.6 Å². The molecule has 0 radical (unpaired) electrons. The molecule has 106 valence electrons. The van der Waals surface area contributed by atoms with E-state index in [9.17, 15) is 0 Å². The van der Waals surface area contributed by atoms with Gasteiger partial charge in [-0.25, -0.2) is 0 Å². The minimum Gasteiger partial charge on any atom is -0.496 e. The fraction of sp³-hybridized carbons (Fsp3) is 0.625. The third-order valence-electron chi connectivity index (χ3n) is 3.74. The highest BCUT2D eigenvalue weighted by Gasteiger charge is 2.18. The molecule has 0 N–H and O–H groups in total. The van der Waals surface area contributed by atoms with Crippen molar-refractivity contribution >= 4 is 11.6 Å². The summed E-state index contributed by atoms with van der Waals surface area (Å²) in [5.41, 5.74) is 2.32. The summed E-state index contributed by atoms with van der Waals surface area (Å²) in [6, 6.07) is 6.17. The van der Waals surface area contributed by atoms with Gasteiger partial charge in [0.1, 0.15) is 5.75 Å². The van der Waals surface area contributed by atoms with E-state index in [1.54, 1.807) is 7.11 Å². The van der Waals surface area contributed by atoms with E-state index < -0.39 is 0 Å². The zero-order valence-electron chi connectivity index (χ0n) is 11.8. The van der Waals surface area contributed by atoms with Crippen LogP contribution in [-0.4, -0.2) is 19.8 Å². The maximum absolute atomic E-state index is 6.55. The molecule has 2 unspecified atom stereocenters. The molecule has 0 amide bonds. The van der Waals surface area contributed by atoms with E-state index in [0.717, 1.165) is 30.8 Å². The van der Waals surface area contributed by atoms with Crippen molar-refractivity contribution in [2.75, 3.05) is 13.7 Å². The smallest absolute Gasteiger partial charge is 0.123 e. The summed E-state index contributed by atoms with van der Waals surface area (Å²) in [4.78, 5) is 0. The Morgan fingerprint density at radius 3 is 2.95 bits per heavy atom. The molecule has 1 fully saturated rings. The topological polar surface area (TPSA) is 18.5 Å². The normalized spacial score (nSPS) is 21.1. The Hall–Kier alpha value is -0.730. The van der Waals surface area contributed by atoms with E-state index >= 15 is 0 Å². The van der Waals surface area contributed by atoms with Crippen LogP contribution < -0.4 is 4.74 Å². The zero-order valence-corrected chi connectivity index (χ0v) is 12.6.